The first-order chi connectivity index (χ1) is 12.0. The van der Waals surface area contributed by atoms with Crippen molar-refractivity contribution in [1.82, 2.24) is 10.3 Å². The van der Waals surface area contributed by atoms with Crippen molar-refractivity contribution in [2.24, 2.45) is 0 Å². The van der Waals surface area contributed by atoms with E-state index in [9.17, 15) is 9.18 Å². The highest BCUT2D eigenvalue weighted by Crippen LogP contribution is 2.32. The van der Waals surface area contributed by atoms with Gasteiger partial charge in [-0.3, -0.25) is 0 Å². The normalized spacial score (nSPS) is 10.5. The molecule has 0 radical (unpaired) electrons. The van der Waals surface area contributed by atoms with Gasteiger partial charge in [-0.2, -0.15) is 0 Å². The van der Waals surface area contributed by atoms with Crippen LogP contribution in [0.1, 0.15) is 10.6 Å². The average Bonchev–Trinajstić information content (AvgIpc) is 2.94. The number of halogens is 2. The molecule has 0 aliphatic heterocycles. The molecular weight excluding hydrogens is 361 g/mol. The van der Waals surface area contributed by atoms with Crippen LogP contribution in [0.5, 0.6) is 0 Å². The minimum absolute atomic E-state index is 0.328. The molecule has 0 atom stereocenters. The molecule has 0 unspecified atom stereocenters. The number of carbonyl (C=O) groups is 1. The molecule has 4 nitrogen and oxygen atoms in total. The summed E-state index contributed by atoms with van der Waals surface area (Å²) >= 11 is 7.69. The molecule has 2 N–H and O–H groups in total. The molecule has 3 rings (SSSR count). The highest BCUT2D eigenvalue weighted by molar-refractivity contribution is 7.15. The molecule has 2 aromatic carbocycles. The van der Waals surface area contributed by atoms with Crippen LogP contribution in [0.15, 0.2) is 48.5 Å². The number of thiazole rings is 1. The van der Waals surface area contributed by atoms with Gasteiger partial charge in [0.15, 0.2) is 0 Å². The Morgan fingerprint density at radius 2 is 2.04 bits per heavy atom. The van der Waals surface area contributed by atoms with Crippen molar-refractivity contribution >= 4 is 34.7 Å². The zero-order chi connectivity index (χ0) is 17.8. The number of hydrogen-bond acceptors (Lipinski definition) is 3. The van der Waals surface area contributed by atoms with Crippen LogP contribution in [0.2, 0.25) is 5.02 Å². The summed E-state index contributed by atoms with van der Waals surface area (Å²) < 4.78 is 13.1. The number of aromatic nitrogens is 1. The first-order valence-electron chi connectivity index (χ1n) is 7.54. The lowest BCUT2D eigenvalue weighted by atomic mass is 10.2. The van der Waals surface area contributed by atoms with E-state index in [1.165, 1.54) is 29.5 Å². The number of nitrogens with one attached hydrogen (secondary N) is 2. The quantitative estimate of drug-likeness (QED) is 0.655. The fourth-order valence-electron chi connectivity index (χ4n) is 2.24. The van der Waals surface area contributed by atoms with E-state index in [0.29, 0.717) is 17.3 Å². The fourth-order valence-corrected chi connectivity index (χ4v) is 3.57. The molecule has 0 saturated carbocycles. The van der Waals surface area contributed by atoms with E-state index in [0.717, 1.165) is 21.1 Å². The molecule has 25 heavy (non-hydrogen) atoms. The van der Waals surface area contributed by atoms with Crippen molar-refractivity contribution in [1.29, 1.82) is 0 Å². The van der Waals surface area contributed by atoms with Crippen molar-refractivity contribution in [2.45, 2.75) is 13.5 Å². The fraction of sp³-hybridized carbons (Fsp3) is 0.111. The standard InChI is InChI=1S/C18H15ClFN3OS/c1-11-16(25-17(22-11)14-7-2-3-8-15(14)19)10-21-18(24)23-13-6-4-5-12(20)9-13/h2-9H,10H2,1H3,(H2,21,23,24). The van der Waals surface area contributed by atoms with Crippen LogP contribution >= 0.6 is 22.9 Å². The van der Waals surface area contributed by atoms with Gasteiger partial charge < -0.3 is 10.6 Å². The number of amides is 2. The molecule has 2 amide bonds. The van der Waals surface area contributed by atoms with E-state index < -0.39 is 11.8 Å². The number of anilines is 1. The second kappa shape index (κ2) is 7.63. The summed E-state index contributed by atoms with van der Waals surface area (Å²) in [6.07, 6.45) is 0. The van der Waals surface area contributed by atoms with Crippen LogP contribution in [-0.4, -0.2) is 11.0 Å². The summed E-state index contributed by atoms with van der Waals surface area (Å²) in [7, 11) is 0. The van der Waals surface area contributed by atoms with Crippen molar-refractivity contribution in [2.75, 3.05) is 5.32 Å². The smallest absolute Gasteiger partial charge is 0.319 e. The molecule has 128 valence electrons. The number of nitrogens with zero attached hydrogens (tertiary/aromatic N) is 1. The minimum atomic E-state index is -0.405. The molecule has 0 aliphatic rings. The summed E-state index contributed by atoms with van der Waals surface area (Å²) in [5.74, 6) is -0.402. The van der Waals surface area contributed by atoms with Gasteiger partial charge >= 0.3 is 6.03 Å². The van der Waals surface area contributed by atoms with Gasteiger partial charge in [-0.15, -0.1) is 11.3 Å². The molecule has 7 heteroatoms. The van der Waals surface area contributed by atoms with Crippen LogP contribution in [0.3, 0.4) is 0 Å². The zero-order valence-electron chi connectivity index (χ0n) is 13.3. The van der Waals surface area contributed by atoms with Gasteiger partial charge in [-0.1, -0.05) is 35.9 Å². The Labute approximate surface area is 153 Å². The van der Waals surface area contributed by atoms with E-state index >= 15 is 0 Å². The minimum Gasteiger partial charge on any atom is -0.333 e. The third kappa shape index (κ3) is 4.35. The highest BCUT2D eigenvalue weighted by atomic mass is 35.5. The Morgan fingerprint density at radius 3 is 2.80 bits per heavy atom. The number of rotatable bonds is 4. The van der Waals surface area contributed by atoms with Crippen LogP contribution in [-0.2, 0) is 6.54 Å². The number of urea groups is 1. The lowest BCUT2D eigenvalue weighted by Gasteiger charge is -2.07. The predicted octanol–water partition coefficient (Wildman–Crippen LogP) is 5.23. The van der Waals surface area contributed by atoms with Gasteiger partial charge in [0.2, 0.25) is 0 Å². The van der Waals surface area contributed by atoms with Gasteiger partial charge in [0, 0.05) is 16.1 Å². The number of aryl methyl sites for hydroxylation is 1. The van der Waals surface area contributed by atoms with Crippen molar-refractivity contribution in [3.63, 3.8) is 0 Å². The lowest BCUT2D eigenvalue weighted by molar-refractivity contribution is 0.252. The Morgan fingerprint density at radius 1 is 1.24 bits per heavy atom. The summed E-state index contributed by atoms with van der Waals surface area (Å²) in [6, 6.07) is 12.8. The van der Waals surface area contributed by atoms with Crippen molar-refractivity contribution in [3.8, 4) is 10.6 Å². The molecule has 1 heterocycles. The molecule has 0 fully saturated rings. The summed E-state index contributed by atoms with van der Waals surface area (Å²) in [6.45, 7) is 2.22. The second-order valence-electron chi connectivity index (χ2n) is 5.33. The van der Waals surface area contributed by atoms with E-state index in [1.54, 1.807) is 6.07 Å². The maximum atomic E-state index is 13.1. The number of hydrogen-bond donors (Lipinski definition) is 2. The molecule has 0 spiro atoms. The summed E-state index contributed by atoms with van der Waals surface area (Å²) in [5, 5.41) is 6.79. The van der Waals surface area contributed by atoms with Crippen LogP contribution in [0.25, 0.3) is 10.6 Å². The first-order valence-corrected chi connectivity index (χ1v) is 8.74. The van der Waals surface area contributed by atoms with Gasteiger partial charge in [0.25, 0.3) is 0 Å². The van der Waals surface area contributed by atoms with E-state index in [2.05, 4.69) is 15.6 Å². The molecule has 0 bridgehead atoms. The van der Waals surface area contributed by atoms with Gasteiger partial charge in [-0.25, -0.2) is 14.2 Å². The second-order valence-corrected chi connectivity index (χ2v) is 6.82. The molecule has 0 aliphatic carbocycles. The maximum absolute atomic E-state index is 13.1. The third-order valence-corrected chi connectivity index (χ3v) is 5.01. The van der Waals surface area contributed by atoms with E-state index in [-0.39, 0.29) is 0 Å². The van der Waals surface area contributed by atoms with Gasteiger partial charge in [0.05, 0.1) is 17.3 Å². The largest absolute Gasteiger partial charge is 0.333 e. The summed E-state index contributed by atoms with van der Waals surface area (Å²) in [5.41, 5.74) is 2.11. The lowest BCUT2D eigenvalue weighted by Crippen LogP contribution is -2.28. The Kier molecular flexibility index (Phi) is 5.31. The Bertz CT molecular complexity index is 913. The average molecular weight is 376 g/mol. The molecule has 0 saturated heterocycles. The van der Waals surface area contributed by atoms with E-state index in [4.69, 9.17) is 11.6 Å². The zero-order valence-corrected chi connectivity index (χ0v) is 14.9. The Hall–Kier alpha value is -2.44. The monoisotopic (exact) mass is 375 g/mol. The molecule has 1 aromatic heterocycles. The highest BCUT2D eigenvalue weighted by Gasteiger charge is 2.12. The van der Waals surface area contributed by atoms with Crippen LogP contribution in [0.4, 0.5) is 14.9 Å². The Balaban J connectivity index is 1.66. The van der Waals surface area contributed by atoms with E-state index in [1.807, 2.05) is 31.2 Å². The molecule has 3 aromatic rings. The van der Waals surface area contributed by atoms with Gasteiger partial charge in [-0.05, 0) is 31.2 Å². The number of benzene rings is 2. The first kappa shape index (κ1) is 17.4. The summed E-state index contributed by atoms with van der Waals surface area (Å²) in [4.78, 5) is 17.4. The third-order valence-electron chi connectivity index (χ3n) is 3.49. The van der Waals surface area contributed by atoms with Crippen LogP contribution in [0, 0.1) is 12.7 Å². The van der Waals surface area contributed by atoms with Crippen molar-refractivity contribution in [3.05, 3.63) is 69.9 Å². The number of carbonyl (C=O) groups excluding carboxylic acids is 1. The van der Waals surface area contributed by atoms with Crippen molar-refractivity contribution < 1.29 is 9.18 Å². The molecular formula is C18H15ClFN3OS. The predicted molar refractivity (Wildman–Crippen MR) is 99.6 cm³/mol. The van der Waals surface area contributed by atoms with Gasteiger partial charge in [0.1, 0.15) is 10.8 Å². The van der Waals surface area contributed by atoms with Crippen LogP contribution < -0.4 is 10.6 Å². The topological polar surface area (TPSA) is 54.0 Å². The maximum Gasteiger partial charge on any atom is 0.319 e. The SMILES string of the molecule is Cc1nc(-c2ccccc2Cl)sc1CNC(=O)Nc1cccc(F)c1.